The Labute approximate surface area is 198 Å². The molecule has 4 nitrogen and oxygen atoms in total. The van der Waals surface area contributed by atoms with Crippen LogP contribution < -0.4 is 9.47 Å². The Morgan fingerprint density at radius 3 is 2.52 bits per heavy atom. The lowest BCUT2D eigenvalue weighted by Gasteiger charge is -2.20. The molecule has 3 rings (SSSR count). The van der Waals surface area contributed by atoms with Crippen LogP contribution in [0.25, 0.3) is 11.1 Å². The lowest BCUT2D eigenvalue weighted by molar-refractivity contribution is 0.104. The molecule has 0 radical (unpaired) electrons. The zero-order chi connectivity index (χ0) is 24.0. The smallest absolute Gasteiger partial charge is 0.264 e. The van der Waals surface area contributed by atoms with Crippen molar-refractivity contribution in [1.29, 1.82) is 0 Å². The topological polar surface area (TPSA) is 30.9 Å². The number of hydrogen-bond acceptors (Lipinski definition) is 4. The maximum absolute atomic E-state index is 15.5. The maximum atomic E-state index is 15.5. The van der Waals surface area contributed by atoms with Crippen molar-refractivity contribution < 1.29 is 27.4 Å². The molecule has 2 aromatic rings. The van der Waals surface area contributed by atoms with Crippen LogP contribution in [0.15, 0.2) is 24.3 Å². The van der Waals surface area contributed by atoms with Crippen LogP contribution in [0, 0.1) is 17.5 Å². The molecule has 0 bridgehead atoms. The average Bonchev–Trinajstić information content (AvgIpc) is 3.31. The summed E-state index contributed by atoms with van der Waals surface area (Å²) in [6, 6.07) is 5.83. The molecule has 1 saturated heterocycles. The highest BCUT2D eigenvalue weighted by Gasteiger charge is 2.24. The molecule has 33 heavy (non-hydrogen) atoms. The van der Waals surface area contributed by atoms with Gasteiger partial charge in [0.2, 0.25) is 5.82 Å². The van der Waals surface area contributed by atoms with Gasteiger partial charge in [-0.15, -0.1) is 0 Å². The van der Waals surface area contributed by atoms with Gasteiger partial charge in [0.1, 0.15) is 0 Å². The quantitative estimate of drug-likeness (QED) is 0.311. The van der Waals surface area contributed by atoms with Gasteiger partial charge in [0.15, 0.2) is 23.1 Å². The first-order valence-corrected chi connectivity index (χ1v) is 11.7. The van der Waals surface area contributed by atoms with Gasteiger partial charge >= 0.3 is 0 Å². The second kappa shape index (κ2) is 11.7. The van der Waals surface area contributed by atoms with Gasteiger partial charge in [-0.25, -0.2) is 8.78 Å². The zero-order valence-corrected chi connectivity index (χ0v) is 20.1. The van der Waals surface area contributed by atoms with Crippen molar-refractivity contribution in [3.63, 3.8) is 0 Å². The molecular weight excluding hydrogens is 451 g/mol. The van der Waals surface area contributed by atoms with E-state index in [4.69, 9.17) is 26.4 Å². The molecular formula is C25H30F3NO3S. The van der Waals surface area contributed by atoms with Gasteiger partial charge in [-0.3, -0.25) is 0 Å². The Morgan fingerprint density at radius 2 is 1.85 bits per heavy atom. The highest BCUT2D eigenvalue weighted by atomic mass is 32.1. The highest BCUT2D eigenvalue weighted by Crippen LogP contribution is 2.39. The van der Waals surface area contributed by atoms with Gasteiger partial charge in [0.05, 0.1) is 12.7 Å². The third kappa shape index (κ3) is 6.18. The van der Waals surface area contributed by atoms with E-state index in [2.05, 4.69) is 0 Å². The maximum Gasteiger partial charge on any atom is 0.264 e. The van der Waals surface area contributed by atoms with Crippen molar-refractivity contribution in [2.75, 3.05) is 27.3 Å². The summed E-state index contributed by atoms with van der Waals surface area (Å²) in [5.74, 6) is -3.29. The van der Waals surface area contributed by atoms with Gasteiger partial charge in [-0.2, -0.15) is 4.39 Å². The Morgan fingerprint density at radius 1 is 1.09 bits per heavy atom. The van der Waals surface area contributed by atoms with E-state index in [1.54, 1.807) is 20.2 Å². The average molecular weight is 482 g/mol. The minimum atomic E-state index is -1.13. The van der Waals surface area contributed by atoms with Gasteiger partial charge in [-0.05, 0) is 62.0 Å². The molecule has 0 amide bonds. The molecule has 0 saturated carbocycles. The van der Waals surface area contributed by atoms with E-state index in [0.717, 1.165) is 32.3 Å². The third-order valence-corrected chi connectivity index (χ3v) is 6.03. The SMILES string of the molecule is CCCCOc1ccc(-c2ccc(CCC3CCCO3)c(F)c2OC(=S)N(C)C)c(F)c1F. The van der Waals surface area contributed by atoms with Crippen LogP contribution >= 0.6 is 12.2 Å². The van der Waals surface area contributed by atoms with E-state index in [0.29, 0.717) is 18.4 Å². The van der Waals surface area contributed by atoms with Crippen LogP contribution in [-0.2, 0) is 11.2 Å². The van der Waals surface area contributed by atoms with Gasteiger partial charge in [0.25, 0.3) is 5.17 Å². The minimum Gasteiger partial charge on any atom is -0.490 e. The normalized spacial score (nSPS) is 15.5. The standard InChI is InChI=1S/C25H30F3NO3S/c1-4-5-14-31-20-13-12-18(22(27)23(20)28)19-11-9-16(8-10-17-7-6-15-30-17)21(26)24(19)32-25(33)29(2)3/h9,11-13,17H,4-8,10,14-15H2,1-3H3. The molecule has 1 heterocycles. The van der Waals surface area contributed by atoms with Crippen LogP contribution in [0.2, 0.25) is 0 Å². The summed E-state index contributed by atoms with van der Waals surface area (Å²) in [4.78, 5) is 1.50. The molecule has 1 aliphatic rings. The lowest BCUT2D eigenvalue weighted by Crippen LogP contribution is -2.25. The number of halogens is 3. The van der Waals surface area contributed by atoms with Gasteiger partial charge < -0.3 is 19.1 Å². The van der Waals surface area contributed by atoms with Crippen molar-refractivity contribution in [1.82, 2.24) is 4.90 Å². The minimum absolute atomic E-state index is 0.00632. The first-order chi connectivity index (χ1) is 15.8. The number of nitrogens with zero attached hydrogens (tertiary/aromatic N) is 1. The number of unbranched alkanes of at least 4 members (excludes halogenated alkanes) is 1. The van der Waals surface area contributed by atoms with E-state index >= 15 is 8.78 Å². The fraction of sp³-hybridized carbons (Fsp3) is 0.480. The van der Waals surface area contributed by atoms with Crippen LogP contribution in [0.3, 0.4) is 0 Å². The number of benzene rings is 2. The molecule has 1 unspecified atom stereocenters. The third-order valence-electron chi connectivity index (χ3n) is 5.58. The van der Waals surface area contributed by atoms with Crippen LogP contribution in [0.1, 0.15) is 44.6 Å². The molecule has 1 atom stereocenters. The summed E-state index contributed by atoms with van der Waals surface area (Å²) >= 11 is 5.19. The zero-order valence-electron chi connectivity index (χ0n) is 19.3. The van der Waals surface area contributed by atoms with Crippen molar-refractivity contribution in [2.24, 2.45) is 0 Å². The number of thiocarbonyl (C=S) groups is 1. The summed E-state index contributed by atoms with van der Waals surface area (Å²) in [5.41, 5.74) is 0.358. The predicted molar refractivity (Wildman–Crippen MR) is 126 cm³/mol. The molecule has 0 spiro atoms. The first kappa shape index (κ1) is 25.3. The van der Waals surface area contributed by atoms with Gasteiger partial charge in [-0.1, -0.05) is 25.5 Å². The summed E-state index contributed by atoms with van der Waals surface area (Å²) in [6.07, 6.45) is 4.74. The fourth-order valence-electron chi connectivity index (χ4n) is 3.65. The fourth-order valence-corrected chi connectivity index (χ4v) is 3.73. The Balaban J connectivity index is 1.96. The molecule has 180 valence electrons. The van der Waals surface area contributed by atoms with Crippen molar-refractivity contribution in [3.8, 4) is 22.6 Å². The number of aryl methyl sites for hydroxylation is 1. The van der Waals surface area contributed by atoms with Crippen molar-refractivity contribution >= 4 is 17.4 Å². The molecule has 2 aromatic carbocycles. The van der Waals surface area contributed by atoms with Gasteiger partial charge in [0, 0.05) is 31.8 Å². The molecule has 1 fully saturated rings. The summed E-state index contributed by atoms with van der Waals surface area (Å²) in [7, 11) is 3.31. The Hall–Kier alpha value is -2.32. The van der Waals surface area contributed by atoms with Crippen molar-refractivity contribution in [2.45, 2.75) is 51.6 Å². The molecule has 0 aliphatic carbocycles. The van der Waals surface area contributed by atoms with Crippen LogP contribution in [-0.4, -0.2) is 43.5 Å². The second-order valence-corrected chi connectivity index (χ2v) is 8.64. The van der Waals surface area contributed by atoms with E-state index < -0.39 is 17.5 Å². The number of hydrogen-bond donors (Lipinski definition) is 0. The number of rotatable bonds is 9. The first-order valence-electron chi connectivity index (χ1n) is 11.3. The number of ether oxygens (including phenoxy) is 3. The van der Waals surface area contributed by atoms with E-state index in [-0.39, 0.29) is 40.5 Å². The summed E-state index contributed by atoms with van der Waals surface area (Å²) in [6.45, 7) is 2.98. The summed E-state index contributed by atoms with van der Waals surface area (Å²) < 4.78 is 61.9. The van der Waals surface area contributed by atoms with Crippen LogP contribution in [0.4, 0.5) is 13.2 Å². The van der Waals surface area contributed by atoms with Crippen LogP contribution in [0.5, 0.6) is 11.5 Å². The lowest BCUT2D eigenvalue weighted by atomic mass is 9.98. The molecule has 1 aliphatic heterocycles. The van der Waals surface area contributed by atoms with Crippen molar-refractivity contribution in [3.05, 3.63) is 47.3 Å². The largest absolute Gasteiger partial charge is 0.490 e. The summed E-state index contributed by atoms with van der Waals surface area (Å²) in [5, 5.41) is 0.00632. The molecule has 0 N–H and O–H groups in total. The van der Waals surface area contributed by atoms with E-state index in [9.17, 15) is 4.39 Å². The Kier molecular flexibility index (Phi) is 8.97. The van der Waals surface area contributed by atoms with E-state index in [1.165, 1.54) is 23.1 Å². The second-order valence-electron chi connectivity index (χ2n) is 8.29. The molecule has 0 aromatic heterocycles. The monoisotopic (exact) mass is 481 g/mol. The predicted octanol–water partition coefficient (Wildman–Crippen LogP) is 6.29. The Bertz CT molecular complexity index is 978. The highest BCUT2D eigenvalue weighted by molar-refractivity contribution is 7.80. The molecule has 8 heteroatoms. The van der Waals surface area contributed by atoms with E-state index in [1.807, 2.05) is 6.92 Å².